The van der Waals surface area contributed by atoms with Gasteiger partial charge >= 0.3 is 0 Å². The second kappa shape index (κ2) is 6.92. The second-order valence-corrected chi connectivity index (χ2v) is 4.75. The summed E-state index contributed by atoms with van der Waals surface area (Å²) < 4.78 is 11.1. The highest BCUT2D eigenvalue weighted by Gasteiger charge is 2.17. The van der Waals surface area contributed by atoms with Crippen molar-refractivity contribution in [2.75, 3.05) is 19.8 Å². The van der Waals surface area contributed by atoms with Crippen LogP contribution in [0.1, 0.15) is 25.3 Å². The molecule has 0 aromatic carbocycles. The van der Waals surface area contributed by atoms with Gasteiger partial charge in [-0.15, -0.1) is 0 Å². The highest BCUT2D eigenvalue weighted by atomic mass is 35.5. The molecule has 2 heterocycles. The van der Waals surface area contributed by atoms with Gasteiger partial charge in [-0.1, -0.05) is 18.5 Å². The highest BCUT2D eigenvalue weighted by molar-refractivity contribution is 6.31. The van der Waals surface area contributed by atoms with Crippen molar-refractivity contribution in [2.45, 2.75) is 32.4 Å². The minimum atomic E-state index is 0.170. The van der Waals surface area contributed by atoms with Crippen molar-refractivity contribution in [2.24, 2.45) is 0 Å². The predicted octanol–water partition coefficient (Wildman–Crippen LogP) is 2.40. The van der Waals surface area contributed by atoms with Crippen LogP contribution in [0.2, 0.25) is 5.02 Å². The molecule has 5 heteroatoms. The van der Waals surface area contributed by atoms with Crippen LogP contribution in [-0.2, 0) is 11.3 Å². The number of hydrogen-bond acceptors (Lipinski definition) is 4. The lowest BCUT2D eigenvalue weighted by Crippen LogP contribution is -2.26. The lowest BCUT2D eigenvalue weighted by atomic mass is 10.1. The summed E-state index contributed by atoms with van der Waals surface area (Å²) in [6.07, 6.45) is 3.78. The molecule has 1 aromatic heterocycles. The molecule has 1 aliphatic heterocycles. The van der Waals surface area contributed by atoms with Gasteiger partial charge in [0, 0.05) is 25.6 Å². The van der Waals surface area contributed by atoms with E-state index in [0.717, 1.165) is 44.7 Å². The summed E-state index contributed by atoms with van der Waals surface area (Å²) in [5, 5.41) is 3.82. The quantitative estimate of drug-likeness (QED) is 0.892. The molecule has 18 heavy (non-hydrogen) atoms. The van der Waals surface area contributed by atoms with E-state index in [4.69, 9.17) is 21.1 Å². The smallest absolute Gasteiger partial charge is 0.232 e. The Kier molecular flexibility index (Phi) is 5.23. The van der Waals surface area contributed by atoms with Crippen molar-refractivity contribution in [3.8, 4) is 5.88 Å². The topological polar surface area (TPSA) is 43.4 Å². The first kappa shape index (κ1) is 13.6. The van der Waals surface area contributed by atoms with E-state index in [9.17, 15) is 0 Å². The molecule has 4 nitrogen and oxygen atoms in total. The Balaban J connectivity index is 1.95. The van der Waals surface area contributed by atoms with Crippen molar-refractivity contribution in [3.63, 3.8) is 0 Å². The molecule has 0 radical (unpaired) electrons. The van der Waals surface area contributed by atoms with Crippen molar-refractivity contribution < 1.29 is 9.47 Å². The molecule has 0 amide bonds. The molecule has 0 saturated carbocycles. The predicted molar refractivity (Wildman–Crippen MR) is 71.1 cm³/mol. The monoisotopic (exact) mass is 270 g/mol. The Morgan fingerprint density at radius 3 is 2.94 bits per heavy atom. The fourth-order valence-electron chi connectivity index (χ4n) is 1.87. The fourth-order valence-corrected chi connectivity index (χ4v) is 2.10. The van der Waals surface area contributed by atoms with Gasteiger partial charge in [0.05, 0.1) is 13.2 Å². The van der Waals surface area contributed by atoms with E-state index in [1.54, 1.807) is 0 Å². The van der Waals surface area contributed by atoms with Gasteiger partial charge in [-0.3, -0.25) is 0 Å². The van der Waals surface area contributed by atoms with Gasteiger partial charge in [0.25, 0.3) is 0 Å². The summed E-state index contributed by atoms with van der Waals surface area (Å²) in [5.41, 5.74) is 1.07. The molecule has 0 bridgehead atoms. The van der Waals surface area contributed by atoms with E-state index in [1.165, 1.54) is 0 Å². The summed E-state index contributed by atoms with van der Waals surface area (Å²) in [6, 6.07) is 1.91. The Morgan fingerprint density at radius 1 is 1.50 bits per heavy atom. The van der Waals surface area contributed by atoms with Crippen LogP contribution < -0.4 is 10.1 Å². The zero-order chi connectivity index (χ0) is 12.8. The van der Waals surface area contributed by atoms with Gasteiger partial charge in [0.2, 0.25) is 5.88 Å². The molecular formula is C13H19ClN2O2. The number of ether oxygens (including phenoxy) is 2. The maximum absolute atomic E-state index is 6.18. The molecule has 100 valence electrons. The molecule has 1 saturated heterocycles. The first-order valence-corrected chi connectivity index (χ1v) is 6.77. The Morgan fingerprint density at radius 2 is 2.28 bits per heavy atom. The molecule has 0 aliphatic carbocycles. The maximum Gasteiger partial charge on any atom is 0.232 e. The number of nitrogens with zero attached hydrogens (tertiary/aromatic N) is 1. The van der Waals surface area contributed by atoms with Gasteiger partial charge in [-0.25, -0.2) is 4.98 Å². The number of halogens is 1. The Hall–Kier alpha value is -0.840. The van der Waals surface area contributed by atoms with E-state index in [-0.39, 0.29) is 6.10 Å². The van der Waals surface area contributed by atoms with Crippen molar-refractivity contribution in [3.05, 3.63) is 22.8 Å². The molecular weight excluding hydrogens is 252 g/mol. The van der Waals surface area contributed by atoms with Crippen LogP contribution in [0.25, 0.3) is 0 Å². The second-order valence-electron chi connectivity index (χ2n) is 4.34. The third-order valence-corrected chi connectivity index (χ3v) is 3.16. The van der Waals surface area contributed by atoms with Gasteiger partial charge < -0.3 is 14.8 Å². The minimum Gasteiger partial charge on any atom is -0.473 e. The number of aromatic nitrogens is 1. The Labute approximate surface area is 113 Å². The fraction of sp³-hybridized carbons (Fsp3) is 0.615. The van der Waals surface area contributed by atoms with E-state index in [1.807, 2.05) is 12.3 Å². The molecule has 1 N–H and O–H groups in total. The molecule has 0 spiro atoms. The van der Waals surface area contributed by atoms with Crippen molar-refractivity contribution >= 4 is 11.6 Å². The van der Waals surface area contributed by atoms with Crippen LogP contribution in [0.4, 0.5) is 0 Å². The first-order valence-electron chi connectivity index (χ1n) is 6.39. The number of nitrogens with one attached hydrogen (secondary N) is 1. The first-order chi connectivity index (χ1) is 8.79. The van der Waals surface area contributed by atoms with Crippen LogP contribution in [-0.4, -0.2) is 30.8 Å². The summed E-state index contributed by atoms with van der Waals surface area (Å²) in [6.45, 7) is 5.28. The molecule has 1 aliphatic rings. The van der Waals surface area contributed by atoms with E-state index in [0.29, 0.717) is 10.9 Å². The van der Waals surface area contributed by atoms with E-state index < -0.39 is 0 Å². The molecule has 0 unspecified atom stereocenters. The van der Waals surface area contributed by atoms with Crippen LogP contribution in [0.3, 0.4) is 0 Å². The van der Waals surface area contributed by atoms with Crippen LogP contribution >= 0.6 is 11.6 Å². The van der Waals surface area contributed by atoms with Gasteiger partial charge in [0.15, 0.2) is 0 Å². The van der Waals surface area contributed by atoms with E-state index >= 15 is 0 Å². The molecule has 2 rings (SSSR count). The van der Waals surface area contributed by atoms with Crippen molar-refractivity contribution in [1.82, 2.24) is 10.3 Å². The molecule has 1 fully saturated rings. The summed E-state index contributed by atoms with van der Waals surface area (Å²) in [7, 11) is 0. The SMILES string of the molecule is CCNCc1cnc(OC2CCOCC2)c(Cl)c1. The Bertz CT molecular complexity index is 381. The maximum atomic E-state index is 6.18. The average Bonchev–Trinajstić information content (AvgIpc) is 2.40. The largest absolute Gasteiger partial charge is 0.473 e. The van der Waals surface area contributed by atoms with Gasteiger partial charge in [-0.2, -0.15) is 0 Å². The highest BCUT2D eigenvalue weighted by Crippen LogP contribution is 2.25. The summed E-state index contributed by atoms with van der Waals surface area (Å²) >= 11 is 6.18. The van der Waals surface area contributed by atoms with Crippen LogP contribution in [0.5, 0.6) is 5.88 Å². The number of pyridine rings is 1. The minimum absolute atomic E-state index is 0.170. The normalized spacial score (nSPS) is 16.8. The zero-order valence-electron chi connectivity index (χ0n) is 10.6. The lowest BCUT2D eigenvalue weighted by Gasteiger charge is -2.23. The third kappa shape index (κ3) is 3.83. The lowest BCUT2D eigenvalue weighted by molar-refractivity contribution is 0.0237. The van der Waals surface area contributed by atoms with Gasteiger partial charge in [0.1, 0.15) is 11.1 Å². The van der Waals surface area contributed by atoms with E-state index in [2.05, 4.69) is 17.2 Å². The van der Waals surface area contributed by atoms with Crippen LogP contribution in [0, 0.1) is 0 Å². The zero-order valence-corrected chi connectivity index (χ0v) is 11.4. The third-order valence-electron chi connectivity index (χ3n) is 2.89. The number of rotatable bonds is 5. The molecule has 0 atom stereocenters. The summed E-state index contributed by atoms with van der Waals surface area (Å²) in [5.74, 6) is 0.531. The van der Waals surface area contributed by atoms with Crippen LogP contribution in [0.15, 0.2) is 12.3 Å². The standard InChI is InChI=1S/C13H19ClN2O2/c1-2-15-8-10-7-12(14)13(16-9-10)18-11-3-5-17-6-4-11/h7,9,11,15H,2-6,8H2,1H3. The van der Waals surface area contributed by atoms with Gasteiger partial charge in [-0.05, 0) is 18.2 Å². The average molecular weight is 271 g/mol. The number of hydrogen-bond donors (Lipinski definition) is 1. The summed E-state index contributed by atoms with van der Waals surface area (Å²) in [4.78, 5) is 4.29. The molecule has 1 aromatic rings. The van der Waals surface area contributed by atoms with Crippen molar-refractivity contribution in [1.29, 1.82) is 0 Å².